The van der Waals surface area contributed by atoms with Gasteiger partial charge < -0.3 is 35.3 Å². The molecule has 1 rings (SSSR count). The van der Waals surface area contributed by atoms with Gasteiger partial charge >= 0.3 is 23.9 Å². The molecular formula is C25H35N3O10. The summed E-state index contributed by atoms with van der Waals surface area (Å²) in [5.74, 6) is -3.63. The highest BCUT2D eigenvalue weighted by Crippen LogP contribution is 2.29. The van der Waals surface area contributed by atoms with E-state index in [4.69, 9.17) is 24.7 Å². The molecule has 1 aromatic carbocycles. The Morgan fingerprint density at radius 1 is 0.579 bits per heavy atom. The minimum Gasteiger partial charge on any atom is -0.464 e. The molecule has 0 aromatic heterocycles. The lowest BCUT2D eigenvalue weighted by atomic mass is 9.90. The van der Waals surface area contributed by atoms with Gasteiger partial charge in [-0.25, -0.2) is 0 Å². The standard InChI is InChI=1S/C25H35N3O10/c1-12-21(24(33)27-19(8-35-15(4)29)9-36-16(5)30)13(2)23(26)14(3)22(12)25(34)28-20(10-37-17(6)31)11-38-18(7)32/h19-20H,8-11,26H2,1-7H3,(H,27,33)(H,28,34). The van der Waals surface area contributed by atoms with Crippen LogP contribution in [0.1, 0.15) is 65.1 Å². The van der Waals surface area contributed by atoms with Gasteiger partial charge in [0.25, 0.3) is 11.8 Å². The summed E-state index contributed by atoms with van der Waals surface area (Å²) in [5.41, 5.74) is 7.75. The van der Waals surface area contributed by atoms with Gasteiger partial charge in [0.1, 0.15) is 26.4 Å². The maximum atomic E-state index is 13.3. The number of hydrogen-bond donors (Lipinski definition) is 3. The molecule has 0 unspecified atom stereocenters. The van der Waals surface area contributed by atoms with E-state index in [-0.39, 0.29) is 43.2 Å². The van der Waals surface area contributed by atoms with Crippen LogP contribution in [0.4, 0.5) is 5.69 Å². The van der Waals surface area contributed by atoms with E-state index in [1.54, 1.807) is 20.8 Å². The number of nitrogens with one attached hydrogen (secondary N) is 2. The van der Waals surface area contributed by atoms with Gasteiger partial charge in [0.05, 0.1) is 12.1 Å². The van der Waals surface area contributed by atoms with E-state index in [0.717, 1.165) is 0 Å². The zero-order chi connectivity index (χ0) is 29.2. The first kappa shape index (κ1) is 31.9. The molecule has 0 fully saturated rings. The number of nitrogens with two attached hydrogens (primary N) is 1. The number of carbonyl (C=O) groups excluding carboxylic acids is 6. The topological polar surface area (TPSA) is 189 Å². The van der Waals surface area contributed by atoms with Crippen LogP contribution in [0.25, 0.3) is 0 Å². The Hall–Kier alpha value is -4.16. The summed E-state index contributed by atoms with van der Waals surface area (Å²) in [7, 11) is 0. The van der Waals surface area contributed by atoms with Crippen molar-refractivity contribution >= 4 is 41.4 Å². The van der Waals surface area contributed by atoms with Gasteiger partial charge in [-0.2, -0.15) is 0 Å². The van der Waals surface area contributed by atoms with Crippen LogP contribution in [-0.4, -0.2) is 74.2 Å². The van der Waals surface area contributed by atoms with Crippen molar-refractivity contribution in [2.24, 2.45) is 0 Å². The van der Waals surface area contributed by atoms with Crippen molar-refractivity contribution in [3.63, 3.8) is 0 Å². The minimum atomic E-state index is -0.870. The molecule has 0 heterocycles. The van der Waals surface area contributed by atoms with Crippen LogP contribution < -0.4 is 16.4 Å². The maximum absolute atomic E-state index is 13.3. The molecule has 0 aliphatic heterocycles. The zero-order valence-corrected chi connectivity index (χ0v) is 22.6. The lowest BCUT2D eigenvalue weighted by molar-refractivity contribution is -0.146. The van der Waals surface area contributed by atoms with Crippen LogP contribution >= 0.6 is 0 Å². The predicted molar refractivity (Wildman–Crippen MR) is 134 cm³/mol. The molecule has 0 aliphatic rings. The van der Waals surface area contributed by atoms with Crippen LogP contribution in [0.3, 0.4) is 0 Å². The molecule has 0 radical (unpaired) electrons. The first-order valence-electron chi connectivity index (χ1n) is 11.7. The van der Waals surface area contributed by atoms with Crippen LogP contribution in [0.15, 0.2) is 0 Å². The smallest absolute Gasteiger partial charge is 0.302 e. The molecular weight excluding hydrogens is 502 g/mol. The molecule has 38 heavy (non-hydrogen) atoms. The van der Waals surface area contributed by atoms with Gasteiger partial charge in [-0.1, -0.05) is 0 Å². The van der Waals surface area contributed by atoms with Gasteiger partial charge in [0.2, 0.25) is 0 Å². The van der Waals surface area contributed by atoms with Crippen LogP contribution in [0.2, 0.25) is 0 Å². The highest BCUT2D eigenvalue weighted by molar-refractivity contribution is 6.06. The van der Waals surface area contributed by atoms with E-state index in [1.165, 1.54) is 27.7 Å². The SMILES string of the molecule is CC(=O)OCC(COC(C)=O)NC(=O)c1c(C)c(N)c(C)c(C(=O)NC(COC(C)=O)COC(C)=O)c1C. The van der Waals surface area contributed by atoms with Gasteiger partial charge in [-0.05, 0) is 37.5 Å². The first-order valence-corrected chi connectivity index (χ1v) is 11.7. The Labute approximate surface area is 220 Å². The number of esters is 4. The van der Waals surface area contributed by atoms with E-state index >= 15 is 0 Å². The predicted octanol–water partition coefficient (Wildman–Crippen LogP) is 0.643. The molecule has 0 saturated heterocycles. The fourth-order valence-electron chi connectivity index (χ4n) is 3.57. The van der Waals surface area contributed by atoms with E-state index in [0.29, 0.717) is 16.7 Å². The molecule has 0 spiro atoms. The molecule has 210 valence electrons. The second-order valence-electron chi connectivity index (χ2n) is 8.59. The highest BCUT2D eigenvalue weighted by Gasteiger charge is 2.27. The monoisotopic (exact) mass is 537 g/mol. The Kier molecular flexibility index (Phi) is 12.2. The fraction of sp³-hybridized carbons (Fsp3) is 0.520. The summed E-state index contributed by atoms with van der Waals surface area (Å²) in [6, 6.07) is -1.74. The summed E-state index contributed by atoms with van der Waals surface area (Å²) in [6.07, 6.45) is 0. The number of amides is 2. The third kappa shape index (κ3) is 9.71. The van der Waals surface area contributed by atoms with Gasteiger partial charge in [0, 0.05) is 44.5 Å². The Morgan fingerprint density at radius 3 is 1.08 bits per heavy atom. The second kappa shape index (κ2) is 14.5. The number of carbonyl (C=O) groups is 6. The molecule has 0 saturated carbocycles. The number of benzene rings is 1. The average Bonchev–Trinajstić information content (AvgIpc) is 2.80. The van der Waals surface area contributed by atoms with Gasteiger partial charge in [0.15, 0.2) is 0 Å². The van der Waals surface area contributed by atoms with Crippen molar-refractivity contribution in [3.05, 3.63) is 27.8 Å². The van der Waals surface area contributed by atoms with Crippen molar-refractivity contribution in [1.29, 1.82) is 0 Å². The molecule has 1 aromatic rings. The summed E-state index contributed by atoms with van der Waals surface area (Å²) in [5, 5.41) is 5.30. The molecule has 2 amide bonds. The fourth-order valence-corrected chi connectivity index (χ4v) is 3.57. The van der Waals surface area contributed by atoms with Crippen molar-refractivity contribution in [3.8, 4) is 0 Å². The van der Waals surface area contributed by atoms with E-state index < -0.39 is 47.8 Å². The Balaban J connectivity index is 3.34. The van der Waals surface area contributed by atoms with Gasteiger partial charge in [-0.15, -0.1) is 0 Å². The van der Waals surface area contributed by atoms with E-state index in [2.05, 4.69) is 10.6 Å². The van der Waals surface area contributed by atoms with Crippen LogP contribution in [0.5, 0.6) is 0 Å². The van der Waals surface area contributed by atoms with E-state index in [9.17, 15) is 28.8 Å². The first-order chi connectivity index (χ1) is 17.6. The summed E-state index contributed by atoms with van der Waals surface area (Å²) < 4.78 is 19.8. The highest BCUT2D eigenvalue weighted by atomic mass is 16.6. The Morgan fingerprint density at radius 2 is 0.842 bits per heavy atom. The number of rotatable bonds is 12. The maximum Gasteiger partial charge on any atom is 0.302 e. The molecule has 13 nitrogen and oxygen atoms in total. The lowest BCUT2D eigenvalue weighted by Crippen LogP contribution is -2.44. The summed E-state index contributed by atoms with van der Waals surface area (Å²) in [6.45, 7) is 8.55. The zero-order valence-electron chi connectivity index (χ0n) is 22.6. The number of ether oxygens (including phenoxy) is 4. The number of anilines is 1. The molecule has 0 bridgehead atoms. The number of nitrogen functional groups attached to an aromatic ring is 1. The van der Waals surface area contributed by atoms with Crippen molar-refractivity contribution in [2.75, 3.05) is 32.2 Å². The van der Waals surface area contributed by atoms with Crippen molar-refractivity contribution in [1.82, 2.24) is 10.6 Å². The normalized spacial score (nSPS) is 10.6. The Bertz CT molecular complexity index is 982. The summed E-state index contributed by atoms with van der Waals surface area (Å²) >= 11 is 0. The van der Waals surface area contributed by atoms with Gasteiger partial charge in [-0.3, -0.25) is 28.8 Å². The molecule has 4 N–H and O–H groups in total. The minimum absolute atomic E-state index is 0.102. The third-order valence-electron chi connectivity index (χ3n) is 5.38. The van der Waals surface area contributed by atoms with E-state index in [1.807, 2.05) is 0 Å². The molecule has 0 atom stereocenters. The van der Waals surface area contributed by atoms with Crippen LogP contribution in [0, 0.1) is 20.8 Å². The largest absolute Gasteiger partial charge is 0.464 e. The third-order valence-corrected chi connectivity index (χ3v) is 5.38. The lowest BCUT2D eigenvalue weighted by Gasteiger charge is -2.24. The number of hydrogen-bond acceptors (Lipinski definition) is 11. The molecule has 0 aliphatic carbocycles. The average molecular weight is 538 g/mol. The van der Waals surface area contributed by atoms with Crippen molar-refractivity contribution in [2.45, 2.75) is 60.5 Å². The van der Waals surface area contributed by atoms with Crippen molar-refractivity contribution < 1.29 is 47.7 Å². The second-order valence-corrected chi connectivity index (χ2v) is 8.59. The quantitative estimate of drug-likeness (QED) is 0.193. The molecule has 13 heteroatoms. The summed E-state index contributed by atoms with van der Waals surface area (Å²) in [4.78, 5) is 71.6. The van der Waals surface area contributed by atoms with Crippen LogP contribution in [-0.2, 0) is 38.1 Å².